The summed E-state index contributed by atoms with van der Waals surface area (Å²) in [7, 11) is 0. The Hall–Kier alpha value is -3.59. The van der Waals surface area contributed by atoms with Gasteiger partial charge in [-0.05, 0) is 47.2 Å². The van der Waals surface area contributed by atoms with Crippen molar-refractivity contribution in [3.05, 3.63) is 70.1 Å². The van der Waals surface area contributed by atoms with Crippen LogP contribution >= 0.6 is 0 Å². The van der Waals surface area contributed by atoms with Crippen molar-refractivity contribution in [2.75, 3.05) is 26.4 Å². The van der Waals surface area contributed by atoms with Crippen molar-refractivity contribution in [3.8, 4) is 5.75 Å². The molecule has 10 nitrogen and oxygen atoms in total. The van der Waals surface area contributed by atoms with E-state index in [1.54, 1.807) is 24.3 Å². The molecule has 2 aromatic carbocycles. The van der Waals surface area contributed by atoms with Gasteiger partial charge < -0.3 is 14.6 Å². The summed E-state index contributed by atoms with van der Waals surface area (Å²) in [5.74, 6) is 0.690. The van der Waals surface area contributed by atoms with E-state index in [-0.39, 0.29) is 31.0 Å². The van der Waals surface area contributed by atoms with E-state index in [2.05, 4.69) is 41.6 Å². The van der Waals surface area contributed by atoms with Crippen LogP contribution in [0.3, 0.4) is 0 Å². The lowest BCUT2D eigenvalue weighted by molar-refractivity contribution is -0.127. The summed E-state index contributed by atoms with van der Waals surface area (Å²) in [5, 5.41) is 12.7. The highest BCUT2D eigenvalue weighted by Crippen LogP contribution is 2.31. The summed E-state index contributed by atoms with van der Waals surface area (Å²) < 4.78 is 11.5. The number of hydrogen-bond donors (Lipinski definition) is 3. The summed E-state index contributed by atoms with van der Waals surface area (Å²) in [6, 6.07) is 14.4. The van der Waals surface area contributed by atoms with Crippen LogP contribution in [-0.4, -0.2) is 48.8 Å². The van der Waals surface area contributed by atoms with Gasteiger partial charge in [0.25, 0.3) is 5.91 Å². The number of amides is 1. The second-order valence-corrected chi connectivity index (χ2v) is 9.87. The maximum absolute atomic E-state index is 13.4. The number of nitrogens with zero attached hydrogens (tertiary/aromatic N) is 4. The van der Waals surface area contributed by atoms with Crippen LogP contribution in [0.15, 0.2) is 58.6 Å². The summed E-state index contributed by atoms with van der Waals surface area (Å²) in [6.45, 7) is 7.54. The van der Waals surface area contributed by atoms with Crippen molar-refractivity contribution in [2.45, 2.75) is 45.6 Å². The molecule has 1 atom stereocenters. The minimum absolute atomic E-state index is 0.0362. The molecule has 1 heterocycles. The average Bonchev–Trinajstić information content (AvgIpc) is 3.28. The number of aliphatic imine (C=N–C) groups is 1. The molecule has 0 aliphatic carbocycles. The third kappa shape index (κ3) is 7.45. The number of aliphatic hydroxyl groups excluding tert-OH is 1. The van der Waals surface area contributed by atoms with Gasteiger partial charge in [-0.25, -0.2) is 10.4 Å². The van der Waals surface area contributed by atoms with Crippen molar-refractivity contribution in [1.29, 1.82) is 0 Å². The number of carbonyl (C=O) groups is 1. The summed E-state index contributed by atoms with van der Waals surface area (Å²) in [4.78, 5) is 21.1. The molecule has 1 amide bonds. The fraction of sp³-hybridized carbons (Fsp3) is 0.462. The smallest absolute Gasteiger partial charge is 0.266 e. The van der Waals surface area contributed by atoms with Crippen molar-refractivity contribution in [3.63, 3.8) is 0 Å². The Balaban J connectivity index is 1.84. The topological polar surface area (TPSA) is 141 Å². The number of rotatable bonds is 12. The molecule has 0 spiro atoms. The number of hydrazine groups is 1. The summed E-state index contributed by atoms with van der Waals surface area (Å²) >= 11 is 0. The normalized spacial score (nSPS) is 17.1. The fourth-order valence-corrected chi connectivity index (χ4v) is 3.65. The van der Waals surface area contributed by atoms with Crippen LogP contribution in [0.5, 0.6) is 5.75 Å². The van der Waals surface area contributed by atoms with Crippen molar-refractivity contribution in [1.82, 2.24) is 10.9 Å². The number of nitrogens with one attached hydrogen (secondary N) is 2. The molecule has 0 saturated heterocycles. The fourth-order valence-electron chi connectivity index (χ4n) is 3.65. The molecule has 3 rings (SSSR count). The molecular weight excluding hydrogens is 460 g/mol. The maximum Gasteiger partial charge on any atom is 0.266 e. The van der Waals surface area contributed by atoms with Gasteiger partial charge in [0.05, 0.1) is 6.61 Å². The molecule has 0 bridgehead atoms. The van der Waals surface area contributed by atoms with Crippen LogP contribution in [0.4, 0.5) is 5.69 Å². The van der Waals surface area contributed by atoms with E-state index in [1.165, 1.54) is 0 Å². The molecule has 192 valence electrons. The Morgan fingerprint density at radius 1 is 1.25 bits per heavy atom. The Morgan fingerprint density at radius 2 is 2.00 bits per heavy atom. The van der Waals surface area contributed by atoms with E-state index in [0.29, 0.717) is 48.0 Å². The number of azide groups is 1. The van der Waals surface area contributed by atoms with Gasteiger partial charge in [-0.3, -0.25) is 10.2 Å². The van der Waals surface area contributed by atoms with E-state index in [0.717, 1.165) is 6.42 Å². The quantitative estimate of drug-likeness (QED) is 0.133. The molecule has 10 heteroatoms. The van der Waals surface area contributed by atoms with Gasteiger partial charge in [-0.15, -0.1) is 0 Å². The third-order valence-corrected chi connectivity index (χ3v) is 5.69. The van der Waals surface area contributed by atoms with Gasteiger partial charge in [0.2, 0.25) is 5.90 Å². The molecule has 3 N–H and O–H groups in total. The Morgan fingerprint density at radius 3 is 2.69 bits per heavy atom. The molecule has 36 heavy (non-hydrogen) atoms. The molecule has 2 aromatic rings. The second-order valence-electron chi connectivity index (χ2n) is 9.87. The molecule has 0 unspecified atom stereocenters. The Kier molecular flexibility index (Phi) is 9.30. The largest absolute Gasteiger partial charge is 0.494 e. The minimum Gasteiger partial charge on any atom is -0.494 e. The zero-order valence-electron chi connectivity index (χ0n) is 21.0. The first-order valence-electron chi connectivity index (χ1n) is 12.0. The minimum atomic E-state index is -1.25. The molecule has 1 aliphatic heterocycles. The van der Waals surface area contributed by atoms with Crippen molar-refractivity contribution in [2.24, 2.45) is 15.5 Å². The van der Waals surface area contributed by atoms with Crippen LogP contribution in [0, 0.1) is 5.41 Å². The average molecular weight is 495 g/mol. The predicted octanol–water partition coefficient (Wildman–Crippen LogP) is 4.20. The molecule has 0 radical (unpaired) electrons. The first kappa shape index (κ1) is 27.0. The van der Waals surface area contributed by atoms with E-state index in [1.807, 2.05) is 24.3 Å². The van der Waals surface area contributed by atoms with E-state index in [9.17, 15) is 4.79 Å². The summed E-state index contributed by atoms with van der Waals surface area (Å²) in [6.07, 6.45) is 1.62. The van der Waals surface area contributed by atoms with Crippen LogP contribution in [-0.2, 0) is 16.0 Å². The third-order valence-electron chi connectivity index (χ3n) is 5.69. The predicted molar refractivity (Wildman–Crippen MR) is 138 cm³/mol. The lowest BCUT2D eigenvalue weighted by Gasteiger charge is -2.25. The molecule has 0 aromatic heterocycles. The van der Waals surface area contributed by atoms with Gasteiger partial charge in [0.1, 0.15) is 12.4 Å². The van der Waals surface area contributed by atoms with Crippen molar-refractivity contribution >= 4 is 17.5 Å². The number of aliphatic hydroxyl groups is 1. The van der Waals surface area contributed by atoms with Gasteiger partial charge in [-0.1, -0.05) is 50.2 Å². The number of benzene rings is 2. The molecule has 0 saturated carbocycles. The number of carbonyl (C=O) groups excluding carboxylic acids is 1. The van der Waals surface area contributed by atoms with E-state index >= 15 is 0 Å². The number of ether oxygens (including phenoxy) is 2. The summed E-state index contributed by atoms with van der Waals surface area (Å²) in [5.41, 5.74) is 15.5. The van der Waals surface area contributed by atoms with Gasteiger partial charge >= 0.3 is 0 Å². The lowest BCUT2D eigenvalue weighted by atomic mass is 9.90. The number of hydrogen-bond acceptors (Lipinski definition) is 7. The second kappa shape index (κ2) is 12.4. The Bertz CT molecular complexity index is 1110. The van der Waals surface area contributed by atoms with Gasteiger partial charge in [0.15, 0.2) is 5.54 Å². The highest BCUT2D eigenvalue weighted by atomic mass is 16.5. The van der Waals surface area contributed by atoms with Crippen molar-refractivity contribution < 1.29 is 19.4 Å². The zero-order chi connectivity index (χ0) is 26.0. The Labute approximate surface area is 211 Å². The molecular formula is C26H34N6O4. The molecule has 0 fully saturated rings. The van der Waals surface area contributed by atoms with Gasteiger partial charge in [0, 0.05) is 42.2 Å². The van der Waals surface area contributed by atoms with Gasteiger partial charge in [-0.2, -0.15) is 0 Å². The van der Waals surface area contributed by atoms with E-state index < -0.39 is 5.54 Å². The van der Waals surface area contributed by atoms with Crippen LogP contribution < -0.4 is 15.6 Å². The first-order chi connectivity index (χ1) is 17.3. The highest BCUT2D eigenvalue weighted by molar-refractivity contribution is 6.00. The van der Waals surface area contributed by atoms with Crippen LogP contribution in [0.2, 0.25) is 0 Å². The highest BCUT2D eigenvalue weighted by Gasteiger charge is 2.45. The van der Waals surface area contributed by atoms with Crippen LogP contribution in [0.25, 0.3) is 10.4 Å². The van der Waals surface area contributed by atoms with E-state index in [4.69, 9.17) is 25.1 Å². The lowest BCUT2D eigenvalue weighted by Crippen LogP contribution is -2.53. The standard InChI is InChI=1S/C26H34N6O4/c1-25(2,3)13-14-28-31-24(34)26(17-20-7-4-5-8-22(20)30-32-27)18-36-23(29-26)19-9-11-21(12-10-19)35-16-6-15-33/h4-5,7-12,28,33H,6,13-18H2,1-3H3,(H,31,34)/t26-/m0/s1. The first-order valence-corrected chi connectivity index (χ1v) is 12.0. The maximum atomic E-state index is 13.4. The monoisotopic (exact) mass is 494 g/mol. The van der Waals surface area contributed by atoms with Crippen LogP contribution in [0.1, 0.15) is 44.7 Å². The SMILES string of the molecule is CC(C)(C)CCNNC(=O)[C@]1(Cc2ccccc2N=[N+]=[N-])COC(c2ccc(OCCCO)cc2)=N1. The zero-order valence-corrected chi connectivity index (χ0v) is 21.0. The molecule has 1 aliphatic rings.